The first-order valence-corrected chi connectivity index (χ1v) is 8.38. The molecule has 0 amide bonds. The van der Waals surface area contributed by atoms with Crippen molar-refractivity contribution in [2.24, 2.45) is 0 Å². The Morgan fingerprint density at radius 3 is 2.96 bits per heavy atom. The van der Waals surface area contributed by atoms with Crippen LogP contribution in [0.15, 0.2) is 65.3 Å². The lowest BCUT2D eigenvalue weighted by molar-refractivity contribution is -0.139. The van der Waals surface area contributed by atoms with Gasteiger partial charge in [0.1, 0.15) is 24.3 Å². The summed E-state index contributed by atoms with van der Waals surface area (Å²) in [7, 11) is 0. The highest BCUT2D eigenvalue weighted by Crippen LogP contribution is 2.26. The zero-order chi connectivity index (χ0) is 17.8. The van der Waals surface area contributed by atoms with Crippen LogP contribution in [0, 0.1) is 0 Å². The molecule has 2 aromatic carbocycles. The molecule has 0 radical (unpaired) electrons. The van der Waals surface area contributed by atoms with E-state index in [9.17, 15) is 4.79 Å². The number of fused-ring (bicyclic) bond motifs is 1. The summed E-state index contributed by atoms with van der Waals surface area (Å²) in [5, 5.41) is 0. The monoisotopic (exact) mass is 347 g/mol. The van der Waals surface area contributed by atoms with Gasteiger partial charge in [0.25, 0.3) is 0 Å². The Morgan fingerprint density at radius 1 is 1.19 bits per heavy atom. The van der Waals surface area contributed by atoms with Crippen LogP contribution in [0.5, 0.6) is 5.75 Å². The molecule has 5 nitrogen and oxygen atoms in total. The number of aromatic nitrogens is 1. The Morgan fingerprint density at radius 2 is 2.08 bits per heavy atom. The topological polar surface area (TPSA) is 61.6 Å². The van der Waals surface area contributed by atoms with Crippen LogP contribution in [0.25, 0.3) is 17.5 Å². The van der Waals surface area contributed by atoms with Crippen molar-refractivity contribution in [1.29, 1.82) is 0 Å². The van der Waals surface area contributed by atoms with Crippen LogP contribution in [0.3, 0.4) is 0 Å². The molecule has 5 heteroatoms. The Hall–Kier alpha value is -3.34. The third-order valence-electron chi connectivity index (χ3n) is 4.06. The smallest absolute Gasteiger partial charge is 0.331 e. The molecule has 1 aromatic heterocycles. The quantitative estimate of drug-likeness (QED) is 0.515. The molecular weight excluding hydrogens is 330 g/mol. The molecule has 0 saturated carbocycles. The second-order valence-corrected chi connectivity index (χ2v) is 5.92. The average molecular weight is 347 g/mol. The number of carbonyl (C=O) groups is 1. The van der Waals surface area contributed by atoms with Crippen LogP contribution in [-0.2, 0) is 22.6 Å². The third-order valence-corrected chi connectivity index (χ3v) is 4.06. The third kappa shape index (κ3) is 3.67. The van der Waals surface area contributed by atoms with Crippen LogP contribution in [-0.4, -0.2) is 17.6 Å². The maximum Gasteiger partial charge on any atom is 0.331 e. The van der Waals surface area contributed by atoms with Crippen molar-refractivity contribution in [1.82, 2.24) is 4.98 Å². The van der Waals surface area contributed by atoms with Crippen LogP contribution in [0.2, 0.25) is 0 Å². The molecule has 130 valence electrons. The first-order valence-electron chi connectivity index (χ1n) is 8.38. The summed E-state index contributed by atoms with van der Waals surface area (Å²) in [6, 6.07) is 15.4. The van der Waals surface area contributed by atoms with Crippen molar-refractivity contribution in [3.8, 4) is 17.2 Å². The molecule has 0 spiro atoms. The molecular formula is C21H17NO4. The maximum absolute atomic E-state index is 11.9. The van der Waals surface area contributed by atoms with E-state index in [0.717, 1.165) is 28.9 Å². The van der Waals surface area contributed by atoms with E-state index in [2.05, 4.69) is 4.98 Å². The van der Waals surface area contributed by atoms with Gasteiger partial charge in [-0.25, -0.2) is 9.78 Å². The molecule has 26 heavy (non-hydrogen) atoms. The van der Waals surface area contributed by atoms with Crippen molar-refractivity contribution < 1.29 is 18.7 Å². The Bertz CT molecular complexity index is 944. The maximum atomic E-state index is 11.9. The number of nitrogens with zero attached hydrogens (tertiary/aromatic N) is 1. The Labute approximate surface area is 150 Å². The van der Waals surface area contributed by atoms with Gasteiger partial charge in [-0.15, -0.1) is 0 Å². The summed E-state index contributed by atoms with van der Waals surface area (Å²) in [5.74, 6) is 1.00. The lowest BCUT2D eigenvalue weighted by atomic mass is 10.1. The van der Waals surface area contributed by atoms with Crippen LogP contribution >= 0.6 is 0 Å². The fraction of sp³-hybridized carbons (Fsp3) is 0.143. The lowest BCUT2D eigenvalue weighted by Gasteiger charge is -2.00. The minimum absolute atomic E-state index is 0.0670. The second-order valence-electron chi connectivity index (χ2n) is 5.92. The molecule has 2 heterocycles. The SMILES string of the molecule is O=C(C=Cc1ccc2c(c1)CCO2)OCc1coc(-c2ccccc2)n1. The lowest BCUT2D eigenvalue weighted by Crippen LogP contribution is -2.01. The zero-order valence-electron chi connectivity index (χ0n) is 14.1. The van der Waals surface area contributed by atoms with Crippen molar-refractivity contribution in [2.75, 3.05) is 6.61 Å². The number of rotatable bonds is 5. The van der Waals surface area contributed by atoms with E-state index in [-0.39, 0.29) is 6.61 Å². The highest BCUT2D eigenvalue weighted by molar-refractivity contribution is 5.87. The fourth-order valence-corrected chi connectivity index (χ4v) is 2.75. The first kappa shape index (κ1) is 16.1. The number of hydrogen-bond acceptors (Lipinski definition) is 5. The molecule has 0 bridgehead atoms. The zero-order valence-corrected chi connectivity index (χ0v) is 14.1. The number of hydrogen-bond donors (Lipinski definition) is 0. The summed E-state index contributed by atoms with van der Waals surface area (Å²) in [6.45, 7) is 0.782. The van der Waals surface area contributed by atoms with E-state index in [1.165, 1.54) is 12.3 Å². The summed E-state index contributed by atoms with van der Waals surface area (Å²) in [5.41, 5.74) is 3.56. The van der Waals surface area contributed by atoms with Gasteiger partial charge >= 0.3 is 5.97 Å². The molecule has 0 N–H and O–H groups in total. The van der Waals surface area contributed by atoms with Crippen molar-refractivity contribution in [3.63, 3.8) is 0 Å². The van der Waals surface area contributed by atoms with E-state index in [1.807, 2.05) is 48.5 Å². The van der Waals surface area contributed by atoms with E-state index < -0.39 is 5.97 Å². The van der Waals surface area contributed by atoms with Gasteiger partial charge in [-0.05, 0) is 41.5 Å². The molecule has 4 rings (SSSR count). The molecule has 3 aromatic rings. The van der Waals surface area contributed by atoms with Gasteiger partial charge in [0, 0.05) is 18.1 Å². The molecule has 1 aliphatic heterocycles. The second kappa shape index (κ2) is 7.27. The Kier molecular flexibility index (Phi) is 4.51. The molecule has 0 saturated heterocycles. The number of carbonyl (C=O) groups excluding carboxylic acids is 1. The first-order chi connectivity index (χ1) is 12.8. The number of esters is 1. The van der Waals surface area contributed by atoms with E-state index >= 15 is 0 Å². The van der Waals surface area contributed by atoms with Crippen molar-refractivity contribution in [3.05, 3.63) is 77.7 Å². The van der Waals surface area contributed by atoms with Crippen LogP contribution < -0.4 is 4.74 Å². The molecule has 0 atom stereocenters. The molecule has 0 unspecified atom stereocenters. The van der Waals surface area contributed by atoms with Crippen molar-refractivity contribution >= 4 is 12.0 Å². The van der Waals surface area contributed by atoms with Gasteiger partial charge in [-0.2, -0.15) is 0 Å². The number of benzene rings is 2. The number of ether oxygens (including phenoxy) is 2. The minimum Gasteiger partial charge on any atom is -0.493 e. The Balaban J connectivity index is 1.33. The summed E-state index contributed by atoms with van der Waals surface area (Å²) < 4.78 is 16.1. The van der Waals surface area contributed by atoms with Gasteiger partial charge < -0.3 is 13.9 Å². The summed E-state index contributed by atoms with van der Waals surface area (Å²) >= 11 is 0. The van der Waals surface area contributed by atoms with E-state index in [1.54, 1.807) is 6.08 Å². The predicted molar refractivity (Wildman–Crippen MR) is 96.4 cm³/mol. The van der Waals surface area contributed by atoms with Gasteiger partial charge in [-0.1, -0.05) is 24.3 Å². The van der Waals surface area contributed by atoms with Crippen molar-refractivity contribution in [2.45, 2.75) is 13.0 Å². The van der Waals surface area contributed by atoms with E-state index in [0.29, 0.717) is 18.2 Å². The predicted octanol–water partition coefficient (Wildman–Crippen LogP) is 4.03. The summed E-state index contributed by atoms with van der Waals surface area (Å²) in [6.07, 6.45) is 5.55. The highest BCUT2D eigenvalue weighted by atomic mass is 16.5. The van der Waals surface area contributed by atoms with Gasteiger partial charge in [0.05, 0.1) is 6.61 Å². The minimum atomic E-state index is -0.425. The number of oxazole rings is 1. The van der Waals surface area contributed by atoms with Gasteiger partial charge in [0.15, 0.2) is 0 Å². The van der Waals surface area contributed by atoms with Gasteiger partial charge in [0.2, 0.25) is 5.89 Å². The average Bonchev–Trinajstić information content (AvgIpc) is 3.34. The van der Waals surface area contributed by atoms with Crippen LogP contribution in [0.1, 0.15) is 16.8 Å². The standard InChI is InChI=1S/C21H17NO4/c23-20(9-7-15-6-8-19-17(12-15)10-11-24-19)25-13-18-14-26-21(22-18)16-4-2-1-3-5-16/h1-9,12,14H,10-11,13H2. The molecule has 0 fully saturated rings. The van der Waals surface area contributed by atoms with Gasteiger partial charge in [-0.3, -0.25) is 0 Å². The molecule has 0 aliphatic carbocycles. The molecule has 1 aliphatic rings. The fourth-order valence-electron chi connectivity index (χ4n) is 2.75. The van der Waals surface area contributed by atoms with E-state index in [4.69, 9.17) is 13.9 Å². The highest BCUT2D eigenvalue weighted by Gasteiger charge is 2.11. The largest absolute Gasteiger partial charge is 0.493 e. The summed E-state index contributed by atoms with van der Waals surface area (Å²) in [4.78, 5) is 16.2. The normalized spacial score (nSPS) is 12.8. The van der Waals surface area contributed by atoms with Crippen LogP contribution in [0.4, 0.5) is 0 Å².